The van der Waals surface area contributed by atoms with E-state index < -0.39 is 0 Å². The van der Waals surface area contributed by atoms with Gasteiger partial charge in [0.25, 0.3) is 0 Å². The fraction of sp³-hybridized carbons (Fsp3) is 0.533. The maximum atomic E-state index is 12.2. The summed E-state index contributed by atoms with van der Waals surface area (Å²) in [5, 5.41) is 0. The molecule has 1 aliphatic heterocycles. The summed E-state index contributed by atoms with van der Waals surface area (Å²) >= 11 is 0.523. The Bertz CT molecular complexity index is 489. The quantitative estimate of drug-likeness (QED) is 0.754. The molecule has 3 heteroatoms. The third-order valence-corrected chi connectivity index (χ3v) is 8.12. The molecular weight excluding hydrogens is 289 g/mol. The number of benzene rings is 1. The van der Waals surface area contributed by atoms with Gasteiger partial charge in [-0.05, 0) is 0 Å². The molecule has 2 nitrogen and oxygen atoms in total. The van der Waals surface area contributed by atoms with Gasteiger partial charge in [-0.3, -0.25) is 0 Å². The van der Waals surface area contributed by atoms with Crippen molar-refractivity contribution in [3.05, 3.63) is 30.3 Å². The Morgan fingerprint density at radius 2 is 2.00 bits per heavy atom. The summed E-state index contributed by atoms with van der Waals surface area (Å²) in [5.41, 5.74) is 0. The minimum atomic E-state index is 0.382. The normalized spacial score (nSPS) is 40.8. The molecule has 1 aromatic carbocycles. The van der Waals surface area contributed by atoms with E-state index in [-0.39, 0.29) is 0 Å². The van der Waals surface area contributed by atoms with E-state index in [9.17, 15) is 4.79 Å². The van der Waals surface area contributed by atoms with Crippen LogP contribution in [0.4, 0.5) is 0 Å². The molecule has 2 bridgehead atoms. The fourth-order valence-corrected chi connectivity index (χ4v) is 7.59. The van der Waals surface area contributed by atoms with Gasteiger partial charge >= 0.3 is 114 Å². The van der Waals surface area contributed by atoms with E-state index in [1.54, 1.807) is 0 Å². The van der Waals surface area contributed by atoms with Gasteiger partial charge in [0.1, 0.15) is 0 Å². The molecule has 0 spiro atoms. The molecule has 4 rings (SSSR count). The molecule has 2 aliphatic carbocycles. The second-order valence-corrected chi connectivity index (χ2v) is 8.46. The predicted molar refractivity (Wildman–Crippen MR) is 71.8 cm³/mol. The van der Waals surface area contributed by atoms with Crippen LogP contribution in [0.5, 0.6) is 0 Å². The number of amides is 1. The number of nitrogens with zero attached hydrogens (tertiary/aromatic N) is 1. The van der Waals surface area contributed by atoms with Crippen LogP contribution in [0.3, 0.4) is 0 Å². The van der Waals surface area contributed by atoms with Gasteiger partial charge in [0.05, 0.1) is 0 Å². The molecule has 94 valence electrons. The van der Waals surface area contributed by atoms with Gasteiger partial charge in [-0.2, -0.15) is 0 Å². The van der Waals surface area contributed by atoms with Crippen molar-refractivity contribution in [2.24, 2.45) is 17.8 Å². The van der Waals surface area contributed by atoms with E-state index in [0.29, 0.717) is 38.7 Å². The third kappa shape index (κ3) is 1.38. The third-order valence-electron chi connectivity index (χ3n) is 5.02. The van der Waals surface area contributed by atoms with Crippen molar-refractivity contribution in [3.8, 4) is 0 Å². The van der Waals surface area contributed by atoms with Gasteiger partial charge in [-0.15, -0.1) is 0 Å². The summed E-state index contributed by atoms with van der Waals surface area (Å²) in [7, 11) is 2.03. The van der Waals surface area contributed by atoms with Crippen molar-refractivity contribution < 1.29 is 4.79 Å². The first-order chi connectivity index (χ1) is 8.75. The molecule has 5 unspecified atom stereocenters. The van der Waals surface area contributed by atoms with Crippen LogP contribution in [-0.2, 0) is 4.79 Å². The number of fused-ring (bicyclic) bond motifs is 1. The monoisotopic (exact) mass is 307 g/mol. The molecule has 5 atom stereocenters. The first kappa shape index (κ1) is 11.1. The molecule has 0 aromatic heterocycles. The summed E-state index contributed by atoms with van der Waals surface area (Å²) in [6.45, 7) is 0. The Hall–Kier alpha value is -0.791. The molecule has 3 aliphatic rings. The van der Waals surface area contributed by atoms with Crippen molar-refractivity contribution in [2.45, 2.75) is 23.7 Å². The van der Waals surface area contributed by atoms with Crippen molar-refractivity contribution in [1.82, 2.24) is 4.90 Å². The van der Waals surface area contributed by atoms with E-state index >= 15 is 0 Å². The molecule has 1 aromatic rings. The standard InChI is InChI=1S/C15H17NOSe/c1-16-13-11-7-9(8-12(11)15(16)17)14(13)18-10-5-3-2-4-6-10/h2-6,9,11-14H,7-8H2,1H3. The molecule has 1 amide bonds. The van der Waals surface area contributed by atoms with Crippen LogP contribution in [0, 0.1) is 17.8 Å². The fourth-order valence-electron chi connectivity index (χ4n) is 4.30. The number of carbonyl (C=O) groups excluding carboxylic acids is 1. The van der Waals surface area contributed by atoms with Crippen LogP contribution in [0.1, 0.15) is 12.8 Å². The van der Waals surface area contributed by atoms with Crippen molar-refractivity contribution in [1.29, 1.82) is 0 Å². The van der Waals surface area contributed by atoms with Gasteiger partial charge in [-0.1, -0.05) is 0 Å². The van der Waals surface area contributed by atoms with Crippen LogP contribution < -0.4 is 4.46 Å². The van der Waals surface area contributed by atoms with Gasteiger partial charge in [0.15, 0.2) is 0 Å². The van der Waals surface area contributed by atoms with Crippen molar-refractivity contribution in [3.63, 3.8) is 0 Å². The van der Waals surface area contributed by atoms with E-state index in [1.165, 1.54) is 17.3 Å². The molecule has 1 saturated heterocycles. The summed E-state index contributed by atoms with van der Waals surface area (Å²) in [5.74, 6) is 2.31. The first-order valence-corrected chi connectivity index (χ1v) is 8.58. The molecule has 2 saturated carbocycles. The number of hydrogen-bond donors (Lipinski definition) is 0. The second-order valence-electron chi connectivity index (χ2n) is 5.84. The van der Waals surface area contributed by atoms with Crippen molar-refractivity contribution >= 4 is 25.3 Å². The van der Waals surface area contributed by atoms with Crippen LogP contribution >= 0.6 is 0 Å². The molecule has 3 fully saturated rings. The predicted octanol–water partition coefficient (Wildman–Crippen LogP) is 1.30. The average molecular weight is 306 g/mol. The molecule has 0 N–H and O–H groups in total. The zero-order valence-corrected chi connectivity index (χ0v) is 12.2. The zero-order chi connectivity index (χ0) is 12.3. The van der Waals surface area contributed by atoms with E-state index in [1.807, 2.05) is 7.05 Å². The van der Waals surface area contributed by atoms with Crippen LogP contribution in [-0.4, -0.2) is 38.9 Å². The van der Waals surface area contributed by atoms with Gasteiger partial charge in [0, 0.05) is 0 Å². The molecule has 1 heterocycles. The molecule has 18 heavy (non-hydrogen) atoms. The Kier molecular flexibility index (Phi) is 2.37. The Balaban J connectivity index is 1.62. The summed E-state index contributed by atoms with van der Waals surface area (Å²) in [6.07, 6.45) is 2.48. The zero-order valence-electron chi connectivity index (χ0n) is 10.5. The average Bonchev–Trinajstić information content (AvgIpc) is 3.00. The first-order valence-electron chi connectivity index (χ1n) is 6.74. The summed E-state index contributed by atoms with van der Waals surface area (Å²) in [4.78, 5) is 15.0. The van der Waals surface area contributed by atoms with Gasteiger partial charge in [-0.25, -0.2) is 0 Å². The van der Waals surface area contributed by atoms with Gasteiger partial charge in [0.2, 0.25) is 0 Å². The van der Waals surface area contributed by atoms with Crippen LogP contribution in [0.25, 0.3) is 0 Å². The van der Waals surface area contributed by atoms with E-state index in [2.05, 4.69) is 35.2 Å². The second kappa shape index (κ2) is 3.85. The minimum absolute atomic E-state index is 0.382. The Morgan fingerprint density at radius 1 is 1.22 bits per heavy atom. The number of carbonyl (C=O) groups is 1. The van der Waals surface area contributed by atoms with Crippen LogP contribution in [0.2, 0.25) is 4.82 Å². The Labute approximate surface area is 114 Å². The maximum absolute atomic E-state index is 12.2. The van der Waals surface area contributed by atoms with Gasteiger partial charge < -0.3 is 0 Å². The topological polar surface area (TPSA) is 20.3 Å². The van der Waals surface area contributed by atoms with E-state index in [0.717, 1.165) is 10.7 Å². The Morgan fingerprint density at radius 3 is 2.78 bits per heavy atom. The molecular formula is C15H17NOSe. The van der Waals surface area contributed by atoms with Crippen molar-refractivity contribution in [2.75, 3.05) is 7.05 Å². The number of rotatable bonds is 2. The number of likely N-dealkylation sites (tertiary alicyclic amines) is 1. The SMILES string of the molecule is CN1C(=O)C2CC3CC2C1C3[Se]c1ccccc1. The summed E-state index contributed by atoms with van der Waals surface area (Å²) in [6, 6.07) is 11.4. The van der Waals surface area contributed by atoms with E-state index in [4.69, 9.17) is 0 Å². The van der Waals surface area contributed by atoms with Crippen LogP contribution in [0.15, 0.2) is 30.3 Å². The number of hydrogen-bond acceptors (Lipinski definition) is 1. The molecule has 0 radical (unpaired) electrons. The summed E-state index contributed by atoms with van der Waals surface area (Å²) < 4.78 is 1.49.